The van der Waals surface area contributed by atoms with E-state index in [9.17, 15) is 14.4 Å². The minimum atomic E-state index is -0.836. The normalized spacial score (nSPS) is 12.3. The zero-order valence-corrected chi connectivity index (χ0v) is 21.5. The van der Waals surface area contributed by atoms with Gasteiger partial charge in [-0.25, -0.2) is 0 Å². The van der Waals surface area contributed by atoms with E-state index in [4.69, 9.17) is 10.5 Å². The SMILES string of the molecule is CC(C[CH]C(=O)NC(Cc1ccc(OCc2ccccc2)cc1)C(=O)Nc1ccc(Br)cc1)C(N)=O. The van der Waals surface area contributed by atoms with E-state index in [2.05, 4.69) is 26.6 Å². The number of carbonyl (C=O) groups is 3. The first-order valence-electron chi connectivity index (χ1n) is 11.6. The highest BCUT2D eigenvalue weighted by Crippen LogP contribution is 2.17. The molecule has 2 unspecified atom stereocenters. The third-order valence-electron chi connectivity index (χ3n) is 5.50. The Bertz CT molecular complexity index is 1150. The number of nitrogens with two attached hydrogens (primary N) is 1. The number of anilines is 1. The fraction of sp³-hybridized carbons (Fsp3) is 0.214. The second-order valence-corrected chi connectivity index (χ2v) is 9.34. The lowest BCUT2D eigenvalue weighted by atomic mass is 10.0. The van der Waals surface area contributed by atoms with Gasteiger partial charge in [-0.3, -0.25) is 14.4 Å². The molecule has 0 aliphatic heterocycles. The highest BCUT2D eigenvalue weighted by molar-refractivity contribution is 9.10. The number of hydrogen-bond donors (Lipinski definition) is 3. The predicted octanol–water partition coefficient (Wildman–Crippen LogP) is 4.41. The number of hydrogen-bond acceptors (Lipinski definition) is 4. The average Bonchev–Trinajstić information content (AvgIpc) is 2.88. The van der Waals surface area contributed by atoms with Crippen molar-refractivity contribution in [3.63, 3.8) is 0 Å². The van der Waals surface area contributed by atoms with E-state index in [-0.39, 0.29) is 18.7 Å². The molecule has 8 heteroatoms. The molecular weight excluding hydrogens is 522 g/mol. The van der Waals surface area contributed by atoms with Gasteiger partial charge in [0.25, 0.3) is 0 Å². The van der Waals surface area contributed by atoms with E-state index in [1.165, 1.54) is 6.42 Å². The standard InChI is InChI=1S/C28H29BrN3O4/c1-19(27(30)34)7-16-26(33)32-25(28(35)31-23-12-10-22(29)11-13-23)17-20-8-14-24(15-9-20)36-18-21-5-3-2-4-6-21/h2-6,8-16,19,25H,7,17-18H2,1H3,(H2,30,34)(H,31,35)(H,32,33). The van der Waals surface area contributed by atoms with E-state index >= 15 is 0 Å². The van der Waals surface area contributed by atoms with Gasteiger partial charge in [0.1, 0.15) is 18.4 Å². The van der Waals surface area contributed by atoms with Crippen molar-refractivity contribution in [3.8, 4) is 5.75 Å². The zero-order chi connectivity index (χ0) is 25.9. The van der Waals surface area contributed by atoms with Crippen LogP contribution >= 0.6 is 15.9 Å². The van der Waals surface area contributed by atoms with Crippen LogP contribution in [0.4, 0.5) is 5.69 Å². The Hall–Kier alpha value is -3.65. The Morgan fingerprint density at radius 2 is 1.61 bits per heavy atom. The lowest BCUT2D eigenvalue weighted by Gasteiger charge is -2.19. The van der Waals surface area contributed by atoms with Crippen LogP contribution in [0.1, 0.15) is 24.5 Å². The Labute approximate surface area is 219 Å². The molecule has 0 saturated carbocycles. The number of benzene rings is 3. The van der Waals surface area contributed by atoms with Gasteiger partial charge in [0.15, 0.2) is 0 Å². The van der Waals surface area contributed by atoms with Gasteiger partial charge in [0, 0.05) is 22.5 Å². The van der Waals surface area contributed by atoms with Crippen LogP contribution in [-0.4, -0.2) is 23.8 Å². The van der Waals surface area contributed by atoms with Gasteiger partial charge in [0.05, 0.1) is 6.42 Å². The van der Waals surface area contributed by atoms with E-state index in [0.717, 1.165) is 15.6 Å². The molecule has 1 radical (unpaired) electrons. The van der Waals surface area contributed by atoms with Crippen LogP contribution in [0.2, 0.25) is 0 Å². The Kier molecular flexibility index (Phi) is 10.1. The number of amides is 3. The van der Waals surface area contributed by atoms with Crippen molar-refractivity contribution in [1.82, 2.24) is 5.32 Å². The summed E-state index contributed by atoms with van der Waals surface area (Å²) in [5.74, 6) is -1.06. The van der Waals surface area contributed by atoms with E-state index < -0.39 is 23.8 Å². The number of carbonyl (C=O) groups excluding carboxylic acids is 3. The van der Waals surface area contributed by atoms with Gasteiger partial charge in [-0.05, 0) is 53.9 Å². The van der Waals surface area contributed by atoms with Crippen molar-refractivity contribution < 1.29 is 19.1 Å². The van der Waals surface area contributed by atoms with Crippen molar-refractivity contribution in [2.24, 2.45) is 11.7 Å². The summed E-state index contributed by atoms with van der Waals surface area (Å²) in [7, 11) is 0. The summed E-state index contributed by atoms with van der Waals surface area (Å²) in [6.45, 7) is 2.10. The van der Waals surface area contributed by atoms with Crippen molar-refractivity contribution in [2.45, 2.75) is 32.4 Å². The molecule has 4 N–H and O–H groups in total. The maximum absolute atomic E-state index is 13.1. The molecule has 0 bridgehead atoms. The van der Waals surface area contributed by atoms with Crippen LogP contribution in [0, 0.1) is 12.3 Å². The van der Waals surface area contributed by atoms with Crippen molar-refractivity contribution >= 4 is 39.3 Å². The first kappa shape index (κ1) is 26.9. The largest absolute Gasteiger partial charge is 0.489 e. The third-order valence-corrected chi connectivity index (χ3v) is 6.03. The van der Waals surface area contributed by atoms with Gasteiger partial charge in [0.2, 0.25) is 17.7 Å². The molecule has 0 aliphatic carbocycles. The highest BCUT2D eigenvalue weighted by atomic mass is 79.9. The minimum absolute atomic E-state index is 0.190. The highest BCUT2D eigenvalue weighted by Gasteiger charge is 2.22. The number of nitrogens with one attached hydrogen (secondary N) is 2. The maximum atomic E-state index is 13.1. The minimum Gasteiger partial charge on any atom is -0.489 e. The van der Waals surface area contributed by atoms with Crippen LogP contribution in [0.5, 0.6) is 5.75 Å². The van der Waals surface area contributed by atoms with E-state index in [1.807, 2.05) is 66.7 Å². The summed E-state index contributed by atoms with van der Waals surface area (Å²) in [4.78, 5) is 36.8. The molecule has 2 atom stereocenters. The lowest BCUT2D eigenvalue weighted by Crippen LogP contribution is -2.45. The summed E-state index contributed by atoms with van der Waals surface area (Å²) in [5, 5.41) is 5.59. The van der Waals surface area contributed by atoms with Gasteiger partial charge >= 0.3 is 0 Å². The van der Waals surface area contributed by atoms with Crippen molar-refractivity contribution in [3.05, 3.63) is 101 Å². The molecule has 0 saturated heterocycles. The topological polar surface area (TPSA) is 111 Å². The molecule has 36 heavy (non-hydrogen) atoms. The quantitative estimate of drug-likeness (QED) is 0.310. The molecular formula is C28H29BrN3O4. The molecule has 187 valence electrons. The molecule has 3 amide bonds. The number of rotatable bonds is 12. The monoisotopic (exact) mass is 550 g/mol. The van der Waals surface area contributed by atoms with Gasteiger partial charge in [-0.15, -0.1) is 0 Å². The summed E-state index contributed by atoms with van der Waals surface area (Å²) in [6.07, 6.45) is 1.80. The number of ether oxygens (including phenoxy) is 1. The zero-order valence-electron chi connectivity index (χ0n) is 19.9. The van der Waals surface area contributed by atoms with E-state index in [0.29, 0.717) is 18.0 Å². The van der Waals surface area contributed by atoms with Gasteiger partial charge < -0.3 is 21.1 Å². The Morgan fingerprint density at radius 3 is 2.25 bits per heavy atom. The molecule has 0 heterocycles. The molecule has 0 fully saturated rings. The Morgan fingerprint density at radius 1 is 0.944 bits per heavy atom. The third kappa shape index (κ3) is 8.85. The van der Waals surface area contributed by atoms with Crippen molar-refractivity contribution in [1.29, 1.82) is 0 Å². The number of halogens is 1. The summed E-state index contributed by atoms with van der Waals surface area (Å²) in [6, 6.07) is 23.6. The molecule has 7 nitrogen and oxygen atoms in total. The second kappa shape index (κ2) is 13.4. The molecule has 0 aromatic heterocycles. The fourth-order valence-corrected chi connectivity index (χ4v) is 3.57. The van der Waals surface area contributed by atoms with Crippen molar-refractivity contribution in [2.75, 3.05) is 5.32 Å². The van der Waals surface area contributed by atoms with Gasteiger partial charge in [-0.2, -0.15) is 0 Å². The molecule has 0 spiro atoms. The summed E-state index contributed by atoms with van der Waals surface area (Å²) in [5.41, 5.74) is 7.79. The lowest BCUT2D eigenvalue weighted by molar-refractivity contribution is -0.125. The first-order chi connectivity index (χ1) is 17.3. The van der Waals surface area contributed by atoms with Crippen LogP contribution in [0.15, 0.2) is 83.3 Å². The second-order valence-electron chi connectivity index (χ2n) is 8.42. The predicted molar refractivity (Wildman–Crippen MR) is 143 cm³/mol. The number of primary amides is 1. The molecule has 0 aliphatic rings. The average molecular weight is 551 g/mol. The smallest absolute Gasteiger partial charge is 0.247 e. The fourth-order valence-electron chi connectivity index (χ4n) is 3.30. The van der Waals surface area contributed by atoms with Crippen LogP contribution in [-0.2, 0) is 27.4 Å². The van der Waals surface area contributed by atoms with E-state index in [1.54, 1.807) is 19.1 Å². The molecule has 3 aromatic carbocycles. The maximum Gasteiger partial charge on any atom is 0.247 e. The van der Waals surface area contributed by atoms with Crippen LogP contribution in [0.3, 0.4) is 0 Å². The summed E-state index contributed by atoms with van der Waals surface area (Å²) >= 11 is 3.37. The van der Waals surface area contributed by atoms with Crippen LogP contribution in [0.25, 0.3) is 0 Å². The molecule has 3 rings (SSSR count). The van der Waals surface area contributed by atoms with Gasteiger partial charge in [-0.1, -0.05) is 65.3 Å². The summed E-state index contributed by atoms with van der Waals surface area (Å²) < 4.78 is 6.72. The molecule has 3 aromatic rings. The van der Waals surface area contributed by atoms with Crippen LogP contribution < -0.4 is 21.1 Å². The Balaban J connectivity index is 1.65. The first-order valence-corrected chi connectivity index (χ1v) is 12.3.